The van der Waals surface area contributed by atoms with Crippen molar-refractivity contribution >= 4 is 27.5 Å². The van der Waals surface area contributed by atoms with Gasteiger partial charge in [0.05, 0.1) is 36.7 Å². The SMILES string of the molecule is C[C@H](CO)N1C[C@H](C)[C@@H](CN(C)C(=O)c2ccccc2)OCCCC[C@H](C)Oc2ccc(NS(=O)(=O)c3cn(C)cn3)cc2C1=O. The number of sulfonamides is 1. The van der Waals surface area contributed by atoms with Gasteiger partial charge in [0, 0.05) is 57.2 Å². The number of carbonyl (C=O) groups is 2. The molecule has 3 aromatic rings. The molecule has 2 N–H and O–H groups in total. The molecule has 0 saturated carbocycles. The molecule has 0 spiro atoms. The van der Waals surface area contributed by atoms with Crippen molar-refractivity contribution in [3.63, 3.8) is 0 Å². The maximum absolute atomic E-state index is 14.3. The van der Waals surface area contributed by atoms with Crippen LogP contribution in [0, 0.1) is 5.92 Å². The van der Waals surface area contributed by atoms with E-state index < -0.39 is 28.1 Å². The number of nitrogens with one attached hydrogen (secondary N) is 1. The predicted octanol–water partition coefficient (Wildman–Crippen LogP) is 3.79. The topological polar surface area (TPSA) is 143 Å². The molecule has 2 amide bonds. The summed E-state index contributed by atoms with van der Waals surface area (Å²) in [6, 6.07) is 13.1. The van der Waals surface area contributed by atoms with Crippen LogP contribution in [0.4, 0.5) is 5.69 Å². The summed E-state index contributed by atoms with van der Waals surface area (Å²) in [5.41, 5.74) is 0.901. The van der Waals surface area contributed by atoms with Gasteiger partial charge in [-0.2, -0.15) is 8.42 Å². The molecule has 0 fully saturated rings. The van der Waals surface area contributed by atoms with E-state index in [4.69, 9.17) is 9.47 Å². The van der Waals surface area contributed by atoms with Crippen molar-refractivity contribution in [3.8, 4) is 5.75 Å². The standard InChI is InChI=1S/C33H45N5O7S/c1-23-18-38(24(2)21-39)33(41)28-17-27(35-46(42,43)31-20-36(4)22-34-31)14-15-29(28)45-25(3)11-9-10-16-44-30(23)19-37(5)32(40)26-12-7-6-8-13-26/h6-8,12-15,17,20,22-25,30,35,39H,9-11,16,18-19,21H2,1-5H3/t23-,24+,25-,30+/m0/s1. The highest BCUT2D eigenvalue weighted by atomic mass is 32.2. The summed E-state index contributed by atoms with van der Waals surface area (Å²) in [6.07, 6.45) is 4.44. The number of benzene rings is 2. The van der Waals surface area contributed by atoms with Crippen molar-refractivity contribution in [1.82, 2.24) is 19.4 Å². The molecule has 0 saturated heterocycles. The Balaban J connectivity index is 1.66. The first-order valence-corrected chi connectivity index (χ1v) is 17.0. The van der Waals surface area contributed by atoms with Crippen LogP contribution in [0.2, 0.25) is 0 Å². The van der Waals surface area contributed by atoms with Crippen LogP contribution >= 0.6 is 0 Å². The fourth-order valence-corrected chi connectivity index (χ4v) is 6.37. The molecule has 4 atom stereocenters. The monoisotopic (exact) mass is 655 g/mol. The Bertz CT molecular complexity index is 1580. The third-order valence-corrected chi connectivity index (χ3v) is 9.35. The van der Waals surface area contributed by atoms with E-state index in [2.05, 4.69) is 9.71 Å². The molecule has 0 bridgehead atoms. The summed E-state index contributed by atoms with van der Waals surface area (Å²) in [7, 11) is -0.618. The van der Waals surface area contributed by atoms with Crippen molar-refractivity contribution < 1.29 is 32.6 Å². The predicted molar refractivity (Wildman–Crippen MR) is 174 cm³/mol. The first-order chi connectivity index (χ1) is 21.9. The van der Waals surface area contributed by atoms with Gasteiger partial charge in [-0.1, -0.05) is 25.1 Å². The van der Waals surface area contributed by atoms with Gasteiger partial charge in [-0.15, -0.1) is 0 Å². The lowest BCUT2D eigenvalue weighted by Gasteiger charge is -2.36. The van der Waals surface area contributed by atoms with Crippen molar-refractivity contribution in [2.24, 2.45) is 13.0 Å². The molecule has 250 valence electrons. The number of hydrogen-bond acceptors (Lipinski definition) is 8. The van der Waals surface area contributed by atoms with Crippen molar-refractivity contribution in [2.75, 3.05) is 38.1 Å². The third kappa shape index (κ3) is 8.86. The lowest BCUT2D eigenvalue weighted by atomic mass is 10.0. The summed E-state index contributed by atoms with van der Waals surface area (Å²) in [6.45, 7) is 6.31. The Morgan fingerprint density at radius 1 is 1.17 bits per heavy atom. The number of carbonyl (C=O) groups excluding carboxylic acids is 2. The number of aryl methyl sites for hydroxylation is 1. The number of aliphatic hydroxyl groups is 1. The van der Waals surface area contributed by atoms with Gasteiger partial charge in [-0.25, -0.2) is 4.98 Å². The molecule has 0 aliphatic carbocycles. The van der Waals surface area contributed by atoms with Crippen LogP contribution in [0.15, 0.2) is 66.1 Å². The Kier molecular flexibility index (Phi) is 11.8. The number of imidazole rings is 1. The zero-order valence-electron chi connectivity index (χ0n) is 27.1. The first-order valence-electron chi connectivity index (χ1n) is 15.5. The number of amides is 2. The second kappa shape index (κ2) is 15.6. The molecule has 1 aromatic heterocycles. The van der Waals surface area contributed by atoms with E-state index in [-0.39, 0.29) is 47.4 Å². The highest BCUT2D eigenvalue weighted by Gasteiger charge is 2.31. The number of fused-ring (bicyclic) bond motifs is 1. The van der Waals surface area contributed by atoms with Crippen LogP contribution in [0.5, 0.6) is 5.75 Å². The van der Waals surface area contributed by atoms with E-state index in [1.165, 1.54) is 23.2 Å². The van der Waals surface area contributed by atoms with Gasteiger partial charge in [0.2, 0.25) is 0 Å². The van der Waals surface area contributed by atoms with E-state index >= 15 is 0 Å². The molecule has 4 rings (SSSR count). The van der Waals surface area contributed by atoms with Crippen LogP contribution in [0.25, 0.3) is 0 Å². The van der Waals surface area contributed by atoms with E-state index in [9.17, 15) is 23.1 Å². The average molecular weight is 656 g/mol. The minimum atomic E-state index is -4.02. The normalized spacial score (nSPS) is 20.6. The quantitative estimate of drug-likeness (QED) is 0.373. The van der Waals surface area contributed by atoms with Crippen molar-refractivity contribution in [2.45, 2.75) is 63.3 Å². The van der Waals surface area contributed by atoms with Gasteiger partial charge < -0.3 is 28.9 Å². The summed E-state index contributed by atoms with van der Waals surface area (Å²) < 4.78 is 42.7. The molecule has 1 aliphatic heterocycles. The van der Waals surface area contributed by atoms with Gasteiger partial charge in [0.1, 0.15) is 5.75 Å². The molecule has 2 aromatic carbocycles. The largest absolute Gasteiger partial charge is 0.490 e. The lowest BCUT2D eigenvalue weighted by molar-refractivity contribution is -0.0149. The lowest BCUT2D eigenvalue weighted by Crippen LogP contribution is -2.48. The number of nitrogens with zero attached hydrogens (tertiary/aromatic N) is 4. The van der Waals surface area contributed by atoms with E-state index in [1.54, 1.807) is 55.1 Å². The molecule has 13 heteroatoms. The van der Waals surface area contributed by atoms with Crippen LogP contribution in [-0.2, 0) is 21.8 Å². The van der Waals surface area contributed by atoms with E-state index in [0.717, 1.165) is 12.8 Å². The Morgan fingerprint density at radius 3 is 2.59 bits per heavy atom. The molecule has 12 nitrogen and oxygen atoms in total. The smallest absolute Gasteiger partial charge is 0.280 e. The molecule has 1 aliphatic rings. The van der Waals surface area contributed by atoms with E-state index in [0.29, 0.717) is 30.9 Å². The summed E-state index contributed by atoms with van der Waals surface area (Å²) in [5, 5.41) is 10.0. The van der Waals surface area contributed by atoms with Crippen molar-refractivity contribution in [3.05, 3.63) is 72.2 Å². The second-order valence-electron chi connectivity index (χ2n) is 12.0. The minimum Gasteiger partial charge on any atom is -0.490 e. The van der Waals surface area contributed by atoms with Crippen LogP contribution in [0.1, 0.15) is 60.7 Å². The number of ether oxygens (including phenoxy) is 2. The zero-order valence-corrected chi connectivity index (χ0v) is 27.9. The van der Waals surface area contributed by atoms with E-state index in [1.807, 2.05) is 32.0 Å². The van der Waals surface area contributed by atoms with Gasteiger partial charge in [-0.05, 0) is 63.4 Å². The van der Waals surface area contributed by atoms with Gasteiger partial charge in [-0.3, -0.25) is 14.3 Å². The number of rotatable bonds is 8. The van der Waals surface area contributed by atoms with Gasteiger partial charge in [0.15, 0.2) is 5.03 Å². The number of likely N-dealkylation sites (N-methyl/N-ethyl adjacent to an activating group) is 1. The first kappa shape index (κ1) is 34.9. The summed E-state index contributed by atoms with van der Waals surface area (Å²) in [5.74, 6) is -0.479. The van der Waals surface area contributed by atoms with Gasteiger partial charge in [0.25, 0.3) is 21.8 Å². The number of aromatic nitrogens is 2. The van der Waals surface area contributed by atoms with Gasteiger partial charge >= 0.3 is 0 Å². The van der Waals surface area contributed by atoms with Crippen LogP contribution in [0.3, 0.4) is 0 Å². The highest BCUT2D eigenvalue weighted by Crippen LogP contribution is 2.29. The maximum Gasteiger partial charge on any atom is 0.280 e. The molecule has 0 radical (unpaired) electrons. The zero-order chi connectivity index (χ0) is 33.4. The Morgan fingerprint density at radius 2 is 1.91 bits per heavy atom. The summed E-state index contributed by atoms with van der Waals surface area (Å²) in [4.78, 5) is 34.6. The molecular formula is C33H45N5O7S. The second-order valence-corrected chi connectivity index (χ2v) is 13.7. The third-order valence-electron chi connectivity index (χ3n) is 8.08. The van der Waals surface area contributed by atoms with Crippen LogP contribution < -0.4 is 9.46 Å². The molecule has 46 heavy (non-hydrogen) atoms. The number of hydrogen-bond donors (Lipinski definition) is 2. The molecular weight excluding hydrogens is 610 g/mol. The number of aliphatic hydroxyl groups excluding tert-OH is 1. The molecule has 2 heterocycles. The Hall–Kier alpha value is -3.94. The summed E-state index contributed by atoms with van der Waals surface area (Å²) >= 11 is 0. The average Bonchev–Trinajstić information content (AvgIpc) is 3.49. The Labute approximate surface area is 271 Å². The van der Waals surface area contributed by atoms with Crippen molar-refractivity contribution in [1.29, 1.82) is 0 Å². The number of anilines is 1. The highest BCUT2D eigenvalue weighted by molar-refractivity contribution is 7.92. The fourth-order valence-electron chi connectivity index (χ4n) is 5.34. The van der Waals surface area contributed by atoms with Crippen LogP contribution in [-0.4, -0.2) is 96.3 Å². The molecule has 0 unspecified atom stereocenters. The maximum atomic E-state index is 14.3. The fraction of sp³-hybridized carbons (Fsp3) is 0.485. The minimum absolute atomic E-state index is 0.131.